The molecule has 1 heterocycles. The van der Waals surface area contributed by atoms with Crippen molar-refractivity contribution in [3.05, 3.63) is 23.0 Å². The van der Waals surface area contributed by atoms with Crippen molar-refractivity contribution in [3.63, 3.8) is 0 Å². The van der Waals surface area contributed by atoms with E-state index in [1.165, 1.54) is 0 Å². The molecule has 0 amide bonds. The van der Waals surface area contributed by atoms with E-state index in [4.69, 9.17) is 14.7 Å². The standard InChI is InChI=1S/C13H18N2O2/c1-9(2)16-5-6-17-13-7-10(3)15-11(4)12(13)8-14/h7,9H,5-6H2,1-4H3. The van der Waals surface area contributed by atoms with Crippen LogP contribution >= 0.6 is 0 Å². The Bertz CT molecular complexity index is 422. The maximum absolute atomic E-state index is 9.03. The first-order valence-corrected chi connectivity index (χ1v) is 5.67. The fraction of sp³-hybridized carbons (Fsp3) is 0.538. The van der Waals surface area contributed by atoms with Crippen molar-refractivity contribution in [2.24, 2.45) is 0 Å². The van der Waals surface area contributed by atoms with Crippen LogP contribution < -0.4 is 4.74 Å². The third-order valence-electron chi connectivity index (χ3n) is 2.20. The highest BCUT2D eigenvalue weighted by atomic mass is 16.5. The second kappa shape index (κ2) is 6.21. The zero-order valence-electron chi connectivity index (χ0n) is 10.8. The smallest absolute Gasteiger partial charge is 0.140 e. The summed E-state index contributed by atoms with van der Waals surface area (Å²) >= 11 is 0. The molecule has 17 heavy (non-hydrogen) atoms. The average Bonchev–Trinajstić information content (AvgIpc) is 2.23. The third kappa shape index (κ3) is 4.04. The van der Waals surface area contributed by atoms with Gasteiger partial charge in [-0.05, 0) is 27.7 Å². The highest BCUT2D eigenvalue weighted by Gasteiger charge is 2.09. The second-order valence-electron chi connectivity index (χ2n) is 4.10. The lowest BCUT2D eigenvalue weighted by atomic mass is 10.2. The van der Waals surface area contributed by atoms with E-state index < -0.39 is 0 Å². The zero-order chi connectivity index (χ0) is 12.8. The number of aryl methyl sites for hydroxylation is 2. The first kappa shape index (κ1) is 13.5. The van der Waals surface area contributed by atoms with Gasteiger partial charge in [-0.25, -0.2) is 0 Å². The molecule has 1 rings (SSSR count). The van der Waals surface area contributed by atoms with Crippen LogP contribution in [0.1, 0.15) is 30.8 Å². The van der Waals surface area contributed by atoms with Gasteiger partial charge in [-0.1, -0.05) is 0 Å². The molecule has 0 saturated carbocycles. The normalized spacial score (nSPS) is 10.4. The topological polar surface area (TPSA) is 55.1 Å². The molecule has 0 spiro atoms. The Morgan fingerprint density at radius 2 is 2.06 bits per heavy atom. The second-order valence-corrected chi connectivity index (χ2v) is 4.10. The molecule has 0 atom stereocenters. The Morgan fingerprint density at radius 1 is 1.35 bits per heavy atom. The summed E-state index contributed by atoms with van der Waals surface area (Å²) in [6.45, 7) is 8.59. The molecule has 92 valence electrons. The number of hydrogen-bond donors (Lipinski definition) is 0. The van der Waals surface area contributed by atoms with Crippen molar-refractivity contribution in [3.8, 4) is 11.8 Å². The van der Waals surface area contributed by atoms with Crippen LogP contribution in [0.3, 0.4) is 0 Å². The fourth-order valence-electron chi connectivity index (χ4n) is 1.48. The largest absolute Gasteiger partial charge is 0.490 e. The molecule has 1 aromatic heterocycles. The molecule has 0 bridgehead atoms. The molecule has 4 heteroatoms. The number of nitriles is 1. The van der Waals surface area contributed by atoms with Gasteiger partial charge in [-0.2, -0.15) is 5.26 Å². The number of nitrogens with zero attached hydrogens (tertiary/aromatic N) is 2. The van der Waals surface area contributed by atoms with Crippen LogP contribution in [0, 0.1) is 25.2 Å². The predicted octanol–water partition coefficient (Wildman–Crippen LogP) is 2.37. The molecule has 4 nitrogen and oxygen atoms in total. The number of hydrogen-bond acceptors (Lipinski definition) is 4. The Kier molecular flexibility index (Phi) is 4.92. The van der Waals surface area contributed by atoms with Gasteiger partial charge in [0.05, 0.1) is 18.4 Å². The molecule has 0 aliphatic rings. The minimum absolute atomic E-state index is 0.190. The molecule has 0 radical (unpaired) electrons. The molecule has 0 fully saturated rings. The summed E-state index contributed by atoms with van der Waals surface area (Å²) in [6.07, 6.45) is 0.190. The SMILES string of the molecule is Cc1cc(OCCOC(C)C)c(C#N)c(C)n1. The van der Waals surface area contributed by atoms with Gasteiger partial charge in [-0.15, -0.1) is 0 Å². The van der Waals surface area contributed by atoms with Crippen molar-refractivity contribution in [1.82, 2.24) is 4.98 Å². The highest BCUT2D eigenvalue weighted by Crippen LogP contribution is 2.21. The molecule has 0 aliphatic heterocycles. The Hall–Kier alpha value is -1.60. The van der Waals surface area contributed by atoms with Gasteiger partial charge in [0.25, 0.3) is 0 Å². The van der Waals surface area contributed by atoms with Crippen LogP contribution in [-0.4, -0.2) is 24.3 Å². The number of rotatable bonds is 5. The fourth-order valence-corrected chi connectivity index (χ4v) is 1.48. The van der Waals surface area contributed by atoms with Crippen LogP contribution in [0.2, 0.25) is 0 Å². The van der Waals surface area contributed by atoms with Gasteiger partial charge in [-0.3, -0.25) is 4.98 Å². The summed E-state index contributed by atoms with van der Waals surface area (Å²) in [5, 5.41) is 9.03. The van der Waals surface area contributed by atoms with Crippen molar-refractivity contribution < 1.29 is 9.47 Å². The summed E-state index contributed by atoms with van der Waals surface area (Å²) in [4.78, 5) is 4.23. The van der Waals surface area contributed by atoms with E-state index in [9.17, 15) is 0 Å². The Labute approximate surface area is 102 Å². The predicted molar refractivity (Wildman–Crippen MR) is 65.0 cm³/mol. The maximum Gasteiger partial charge on any atom is 0.140 e. The molecule has 0 aliphatic carbocycles. The van der Waals surface area contributed by atoms with Gasteiger partial charge in [0.1, 0.15) is 24.0 Å². The van der Waals surface area contributed by atoms with Crippen molar-refractivity contribution in [2.75, 3.05) is 13.2 Å². The number of pyridine rings is 1. The van der Waals surface area contributed by atoms with Gasteiger partial charge in [0, 0.05) is 11.8 Å². The van der Waals surface area contributed by atoms with Gasteiger partial charge in [0.2, 0.25) is 0 Å². The quantitative estimate of drug-likeness (QED) is 0.734. The van der Waals surface area contributed by atoms with E-state index in [1.807, 2.05) is 27.7 Å². The average molecular weight is 234 g/mol. The third-order valence-corrected chi connectivity index (χ3v) is 2.20. The summed E-state index contributed by atoms with van der Waals surface area (Å²) in [5.41, 5.74) is 2.05. The van der Waals surface area contributed by atoms with E-state index in [1.54, 1.807) is 6.07 Å². The van der Waals surface area contributed by atoms with E-state index in [0.717, 1.165) is 5.69 Å². The summed E-state index contributed by atoms with van der Waals surface area (Å²) in [5.74, 6) is 0.588. The van der Waals surface area contributed by atoms with E-state index in [0.29, 0.717) is 30.2 Å². The lowest BCUT2D eigenvalue weighted by molar-refractivity contribution is 0.0551. The Balaban J connectivity index is 2.67. The molecule has 0 aromatic carbocycles. The number of aromatic nitrogens is 1. The Morgan fingerprint density at radius 3 is 2.65 bits per heavy atom. The lowest BCUT2D eigenvalue weighted by Crippen LogP contribution is -2.12. The highest BCUT2D eigenvalue weighted by molar-refractivity contribution is 5.46. The van der Waals surface area contributed by atoms with Crippen molar-refractivity contribution in [1.29, 1.82) is 5.26 Å². The van der Waals surface area contributed by atoms with Crippen LogP contribution in [-0.2, 0) is 4.74 Å². The summed E-state index contributed by atoms with van der Waals surface area (Å²) in [7, 11) is 0. The monoisotopic (exact) mass is 234 g/mol. The first-order chi connectivity index (χ1) is 8.04. The number of ether oxygens (including phenoxy) is 2. The van der Waals surface area contributed by atoms with Crippen LogP contribution in [0.15, 0.2) is 6.07 Å². The first-order valence-electron chi connectivity index (χ1n) is 5.67. The molecule has 0 saturated heterocycles. The van der Waals surface area contributed by atoms with E-state index in [-0.39, 0.29) is 6.10 Å². The lowest BCUT2D eigenvalue weighted by Gasteiger charge is -2.11. The minimum Gasteiger partial charge on any atom is -0.490 e. The molecular weight excluding hydrogens is 216 g/mol. The van der Waals surface area contributed by atoms with Gasteiger partial charge >= 0.3 is 0 Å². The molecular formula is C13H18N2O2. The summed E-state index contributed by atoms with van der Waals surface area (Å²) in [6, 6.07) is 3.89. The molecule has 0 N–H and O–H groups in total. The van der Waals surface area contributed by atoms with Crippen molar-refractivity contribution in [2.45, 2.75) is 33.8 Å². The molecule has 1 aromatic rings. The van der Waals surface area contributed by atoms with E-state index in [2.05, 4.69) is 11.1 Å². The van der Waals surface area contributed by atoms with E-state index >= 15 is 0 Å². The van der Waals surface area contributed by atoms with Crippen LogP contribution in [0.5, 0.6) is 5.75 Å². The summed E-state index contributed by atoms with van der Waals surface area (Å²) < 4.78 is 10.9. The van der Waals surface area contributed by atoms with Gasteiger partial charge in [0.15, 0.2) is 0 Å². The van der Waals surface area contributed by atoms with Crippen LogP contribution in [0.25, 0.3) is 0 Å². The zero-order valence-corrected chi connectivity index (χ0v) is 10.8. The van der Waals surface area contributed by atoms with Gasteiger partial charge < -0.3 is 9.47 Å². The minimum atomic E-state index is 0.190. The van der Waals surface area contributed by atoms with Crippen LogP contribution in [0.4, 0.5) is 0 Å². The molecule has 0 unspecified atom stereocenters. The van der Waals surface area contributed by atoms with Crippen molar-refractivity contribution >= 4 is 0 Å². The maximum atomic E-state index is 9.03.